The molecule has 0 aliphatic carbocycles. The number of nitrogens with one attached hydrogen (secondary N) is 1. The molecule has 0 bridgehead atoms. The van der Waals surface area contributed by atoms with E-state index in [0.29, 0.717) is 60.3 Å². The van der Waals surface area contributed by atoms with E-state index in [0.717, 1.165) is 25.0 Å². The van der Waals surface area contributed by atoms with Crippen molar-refractivity contribution in [1.29, 1.82) is 0 Å². The Morgan fingerprint density at radius 3 is 2.53 bits per heavy atom. The van der Waals surface area contributed by atoms with Crippen molar-refractivity contribution in [2.24, 2.45) is 0 Å². The van der Waals surface area contributed by atoms with Crippen molar-refractivity contribution in [1.82, 2.24) is 25.2 Å². The first-order valence-corrected chi connectivity index (χ1v) is 12.3. The maximum absolute atomic E-state index is 12.5. The smallest absolute Gasteiger partial charge is 0.317 e. The first kappa shape index (κ1) is 25.3. The predicted molar refractivity (Wildman–Crippen MR) is 141 cm³/mol. The van der Waals surface area contributed by atoms with Gasteiger partial charge in [-0.15, -0.1) is 0 Å². The number of hydrogen-bond donors (Lipinski definition) is 2. The molecule has 0 radical (unpaired) electrons. The quantitative estimate of drug-likeness (QED) is 0.491. The SMILES string of the molecule is CCCNC(=O)N1CCC(CN(C)c2nc(N)c3cc(OC)c(OC)cc3n2)(c2ccccn2)CC1. The van der Waals surface area contributed by atoms with Gasteiger partial charge in [0.25, 0.3) is 0 Å². The summed E-state index contributed by atoms with van der Waals surface area (Å²) >= 11 is 0. The van der Waals surface area contributed by atoms with Crippen molar-refractivity contribution in [3.8, 4) is 11.5 Å². The first-order chi connectivity index (χ1) is 17.4. The summed E-state index contributed by atoms with van der Waals surface area (Å²) < 4.78 is 10.8. The lowest BCUT2D eigenvalue weighted by atomic mass is 9.75. The van der Waals surface area contributed by atoms with Crippen LogP contribution < -0.4 is 25.4 Å². The van der Waals surface area contributed by atoms with Gasteiger partial charge in [0, 0.05) is 62.0 Å². The third-order valence-corrected chi connectivity index (χ3v) is 6.84. The number of anilines is 2. The molecular formula is C26H35N7O3. The maximum atomic E-state index is 12.5. The number of rotatable bonds is 8. The van der Waals surface area contributed by atoms with E-state index in [2.05, 4.69) is 16.4 Å². The average Bonchev–Trinajstić information content (AvgIpc) is 2.91. The fourth-order valence-corrected chi connectivity index (χ4v) is 4.82. The molecule has 1 aliphatic rings. The van der Waals surface area contributed by atoms with Crippen LogP contribution in [0.1, 0.15) is 31.9 Å². The van der Waals surface area contributed by atoms with Gasteiger partial charge in [0.1, 0.15) is 5.82 Å². The van der Waals surface area contributed by atoms with E-state index in [1.54, 1.807) is 20.3 Å². The highest BCUT2D eigenvalue weighted by atomic mass is 16.5. The molecule has 0 atom stereocenters. The zero-order valence-corrected chi connectivity index (χ0v) is 21.5. The summed E-state index contributed by atoms with van der Waals surface area (Å²) in [5.74, 6) is 2.04. The molecule has 0 saturated carbocycles. The van der Waals surface area contributed by atoms with Gasteiger partial charge in [0.05, 0.1) is 19.7 Å². The Hall–Kier alpha value is -3.82. The fraction of sp³-hybridized carbons (Fsp3) is 0.462. The van der Waals surface area contributed by atoms with E-state index in [4.69, 9.17) is 25.2 Å². The second-order valence-electron chi connectivity index (χ2n) is 9.20. The maximum Gasteiger partial charge on any atom is 0.317 e. The lowest BCUT2D eigenvalue weighted by Crippen LogP contribution is -2.52. The van der Waals surface area contributed by atoms with Crippen LogP contribution in [0.25, 0.3) is 10.9 Å². The number of piperidine rings is 1. The molecule has 36 heavy (non-hydrogen) atoms. The average molecular weight is 494 g/mol. The van der Waals surface area contributed by atoms with Crippen LogP contribution in [0.3, 0.4) is 0 Å². The summed E-state index contributed by atoms with van der Waals surface area (Å²) in [5.41, 5.74) is 7.76. The van der Waals surface area contributed by atoms with Gasteiger partial charge in [0.2, 0.25) is 5.95 Å². The second kappa shape index (κ2) is 10.8. The molecule has 2 aromatic heterocycles. The van der Waals surface area contributed by atoms with Gasteiger partial charge in [-0.2, -0.15) is 4.98 Å². The summed E-state index contributed by atoms with van der Waals surface area (Å²) in [5, 5.41) is 3.69. The standard InChI is InChI=1S/C26H35N7O3/c1-5-11-29-25(34)33-13-9-26(10-14-33,22-8-6-7-12-28-22)17-32(2)24-30-19-16-21(36-4)20(35-3)15-18(19)23(27)31-24/h6-8,12,15-16H,5,9-11,13-14,17H2,1-4H3,(H,29,34)(H2,27,30,31). The number of nitrogens with two attached hydrogens (primary N) is 1. The number of ether oxygens (including phenoxy) is 2. The highest BCUT2D eigenvalue weighted by Crippen LogP contribution is 2.37. The second-order valence-corrected chi connectivity index (χ2v) is 9.20. The highest BCUT2D eigenvalue weighted by Gasteiger charge is 2.40. The van der Waals surface area contributed by atoms with E-state index in [-0.39, 0.29) is 11.4 Å². The third kappa shape index (κ3) is 5.07. The van der Waals surface area contributed by atoms with Gasteiger partial charge >= 0.3 is 6.03 Å². The summed E-state index contributed by atoms with van der Waals surface area (Å²) in [4.78, 5) is 30.6. The Morgan fingerprint density at radius 2 is 1.89 bits per heavy atom. The Morgan fingerprint density at radius 1 is 1.17 bits per heavy atom. The van der Waals surface area contributed by atoms with Gasteiger partial charge in [-0.3, -0.25) is 4.98 Å². The van der Waals surface area contributed by atoms with Crippen LogP contribution in [0.4, 0.5) is 16.6 Å². The Labute approximate surface area is 211 Å². The van der Waals surface area contributed by atoms with E-state index >= 15 is 0 Å². The molecule has 1 saturated heterocycles. The van der Waals surface area contributed by atoms with Crippen molar-refractivity contribution in [3.05, 3.63) is 42.2 Å². The summed E-state index contributed by atoms with van der Waals surface area (Å²) in [6.07, 6.45) is 4.29. The molecular weight excluding hydrogens is 458 g/mol. The molecule has 0 unspecified atom stereocenters. The van der Waals surface area contributed by atoms with Crippen LogP contribution in [-0.4, -0.2) is 73.3 Å². The van der Waals surface area contributed by atoms with Crippen LogP contribution in [0, 0.1) is 0 Å². The molecule has 3 N–H and O–H groups in total. The molecule has 3 heterocycles. The third-order valence-electron chi connectivity index (χ3n) is 6.84. The topological polar surface area (TPSA) is 119 Å². The molecule has 2 amide bonds. The molecule has 1 fully saturated rings. The zero-order chi connectivity index (χ0) is 25.7. The number of hydrogen-bond acceptors (Lipinski definition) is 8. The van der Waals surface area contributed by atoms with Gasteiger partial charge in [-0.1, -0.05) is 13.0 Å². The molecule has 192 valence electrons. The number of nitrogen functional groups attached to an aromatic ring is 1. The molecule has 3 aromatic rings. The number of carbonyl (C=O) groups is 1. The van der Waals surface area contributed by atoms with Crippen LogP contribution >= 0.6 is 0 Å². The van der Waals surface area contributed by atoms with E-state index in [1.165, 1.54) is 0 Å². The number of pyridine rings is 1. The lowest BCUT2D eigenvalue weighted by molar-refractivity contribution is 0.157. The zero-order valence-electron chi connectivity index (χ0n) is 21.5. The van der Waals surface area contributed by atoms with Crippen molar-refractivity contribution >= 4 is 28.7 Å². The molecule has 1 aliphatic heterocycles. The number of benzene rings is 1. The van der Waals surface area contributed by atoms with E-state index in [1.807, 2.05) is 48.2 Å². The Bertz CT molecular complexity index is 1200. The number of aromatic nitrogens is 3. The minimum atomic E-state index is -0.262. The first-order valence-electron chi connectivity index (χ1n) is 12.3. The van der Waals surface area contributed by atoms with Gasteiger partial charge < -0.3 is 30.3 Å². The largest absolute Gasteiger partial charge is 0.493 e. The van der Waals surface area contributed by atoms with E-state index < -0.39 is 0 Å². The van der Waals surface area contributed by atoms with Crippen LogP contribution in [-0.2, 0) is 5.41 Å². The number of fused-ring (bicyclic) bond motifs is 1. The number of urea groups is 1. The number of carbonyl (C=O) groups excluding carboxylic acids is 1. The molecule has 4 rings (SSSR count). The number of nitrogens with zero attached hydrogens (tertiary/aromatic N) is 5. The van der Waals surface area contributed by atoms with Crippen LogP contribution in [0.15, 0.2) is 36.5 Å². The van der Waals surface area contributed by atoms with Crippen LogP contribution in [0.2, 0.25) is 0 Å². The molecule has 1 aromatic carbocycles. The normalized spacial score (nSPS) is 14.9. The molecule has 10 heteroatoms. The minimum absolute atomic E-state index is 0.00478. The highest BCUT2D eigenvalue weighted by molar-refractivity contribution is 5.91. The van der Waals surface area contributed by atoms with Gasteiger partial charge in [-0.25, -0.2) is 9.78 Å². The van der Waals surface area contributed by atoms with Crippen molar-refractivity contribution in [2.75, 3.05) is 58.1 Å². The number of likely N-dealkylation sites (N-methyl/N-ethyl adjacent to an activating group) is 1. The monoisotopic (exact) mass is 493 g/mol. The Balaban J connectivity index is 1.62. The lowest BCUT2D eigenvalue weighted by Gasteiger charge is -2.43. The predicted octanol–water partition coefficient (Wildman–Crippen LogP) is 3.21. The minimum Gasteiger partial charge on any atom is -0.493 e. The molecule has 10 nitrogen and oxygen atoms in total. The molecule has 0 spiro atoms. The van der Waals surface area contributed by atoms with Crippen molar-refractivity contribution in [3.63, 3.8) is 0 Å². The number of amides is 2. The van der Waals surface area contributed by atoms with Gasteiger partial charge in [-0.05, 0) is 37.5 Å². The van der Waals surface area contributed by atoms with Crippen LogP contribution in [0.5, 0.6) is 11.5 Å². The van der Waals surface area contributed by atoms with Crippen molar-refractivity contribution in [2.45, 2.75) is 31.6 Å². The fourth-order valence-electron chi connectivity index (χ4n) is 4.82. The summed E-state index contributed by atoms with van der Waals surface area (Å²) in [7, 11) is 5.14. The Kier molecular flexibility index (Phi) is 7.61. The number of methoxy groups -OCH3 is 2. The van der Waals surface area contributed by atoms with Gasteiger partial charge in [0.15, 0.2) is 11.5 Å². The van der Waals surface area contributed by atoms with E-state index in [9.17, 15) is 4.79 Å². The van der Waals surface area contributed by atoms with Crippen molar-refractivity contribution < 1.29 is 14.3 Å². The summed E-state index contributed by atoms with van der Waals surface area (Å²) in [6, 6.07) is 9.59. The number of likely N-dealkylation sites (tertiary alicyclic amines) is 1. The summed E-state index contributed by atoms with van der Waals surface area (Å²) in [6.45, 7) is 4.66.